The molecule has 4 nitrogen and oxygen atoms in total. The summed E-state index contributed by atoms with van der Waals surface area (Å²) >= 11 is 0. The zero-order chi connectivity index (χ0) is 14.6. The maximum atomic E-state index is 9.01. The van der Waals surface area contributed by atoms with Crippen LogP contribution in [-0.4, -0.2) is 9.55 Å². The minimum absolute atomic E-state index is 0.223. The maximum absolute atomic E-state index is 9.01. The van der Waals surface area contributed by atoms with E-state index >= 15 is 0 Å². The highest BCUT2D eigenvalue weighted by Crippen LogP contribution is 2.23. The highest BCUT2D eigenvalue weighted by molar-refractivity contribution is 5.80. The Morgan fingerprint density at radius 2 is 2.20 bits per heavy atom. The van der Waals surface area contributed by atoms with Crippen LogP contribution in [0.2, 0.25) is 0 Å². The normalized spacial score (nSPS) is 11.7. The molecule has 0 radical (unpaired) electrons. The topological polar surface area (TPSA) is 67.6 Å². The first-order chi connectivity index (χ1) is 9.57. The van der Waals surface area contributed by atoms with E-state index in [9.17, 15) is 0 Å². The Labute approximate surface area is 120 Å². The molecule has 106 valence electrons. The Morgan fingerprint density at radius 3 is 2.90 bits per heavy atom. The summed E-state index contributed by atoms with van der Waals surface area (Å²) in [5, 5.41) is 10.2. The first-order valence-electron chi connectivity index (χ1n) is 7.11. The summed E-state index contributed by atoms with van der Waals surface area (Å²) < 4.78 is 2.18. The molecule has 0 aliphatic heterocycles. The molecule has 0 aliphatic rings. The first-order valence-corrected chi connectivity index (χ1v) is 7.11. The molecule has 2 heterocycles. The van der Waals surface area contributed by atoms with E-state index in [4.69, 9.17) is 11.0 Å². The lowest BCUT2D eigenvalue weighted by atomic mass is 9.89. The summed E-state index contributed by atoms with van der Waals surface area (Å²) in [4.78, 5) is 4.45. The van der Waals surface area contributed by atoms with Gasteiger partial charge in [0.1, 0.15) is 5.65 Å². The fraction of sp³-hybridized carbons (Fsp3) is 0.500. The molecule has 0 saturated carbocycles. The molecule has 0 unspecified atom stereocenters. The van der Waals surface area contributed by atoms with Gasteiger partial charge in [0.05, 0.1) is 11.5 Å². The number of aryl methyl sites for hydroxylation is 1. The third-order valence-corrected chi connectivity index (χ3v) is 3.69. The van der Waals surface area contributed by atoms with Gasteiger partial charge in [-0.1, -0.05) is 6.42 Å². The number of nitriles is 1. The van der Waals surface area contributed by atoms with Gasteiger partial charge >= 0.3 is 0 Å². The van der Waals surface area contributed by atoms with Crippen molar-refractivity contribution < 1.29 is 0 Å². The van der Waals surface area contributed by atoms with E-state index < -0.39 is 0 Å². The van der Waals surface area contributed by atoms with Crippen molar-refractivity contribution in [2.24, 2.45) is 11.1 Å². The molecule has 4 heteroatoms. The fourth-order valence-corrected chi connectivity index (χ4v) is 2.43. The molecule has 0 aliphatic carbocycles. The van der Waals surface area contributed by atoms with Gasteiger partial charge in [0.15, 0.2) is 0 Å². The molecular formula is C16H22N4. The molecule has 2 aromatic rings. The summed E-state index contributed by atoms with van der Waals surface area (Å²) in [7, 11) is 0. The van der Waals surface area contributed by atoms with E-state index in [1.807, 2.05) is 26.1 Å². The summed E-state index contributed by atoms with van der Waals surface area (Å²) in [5.74, 6) is 0. The number of fused-ring (bicyclic) bond motifs is 1. The van der Waals surface area contributed by atoms with Crippen LogP contribution in [0.15, 0.2) is 24.5 Å². The molecule has 0 spiro atoms. The van der Waals surface area contributed by atoms with Crippen molar-refractivity contribution in [2.75, 3.05) is 0 Å². The predicted molar refractivity (Wildman–Crippen MR) is 80.9 cm³/mol. The van der Waals surface area contributed by atoms with Gasteiger partial charge in [-0.25, -0.2) is 4.98 Å². The smallest absolute Gasteiger partial charge is 0.140 e. The molecule has 0 amide bonds. The van der Waals surface area contributed by atoms with E-state index in [0.717, 1.165) is 42.4 Å². The molecule has 0 bridgehead atoms. The lowest BCUT2D eigenvalue weighted by molar-refractivity contribution is 0.418. The molecule has 2 rings (SSSR count). The van der Waals surface area contributed by atoms with Crippen molar-refractivity contribution in [1.29, 1.82) is 5.26 Å². The number of nitrogens with zero attached hydrogens (tertiary/aromatic N) is 3. The van der Waals surface area contributed by atoms with Gasteiger partial charge in [0.25, 0.3) is 0 Å². The van der Waals surface area contributed by atoms with Crippen molar-refractivity contribution in [3.05, 3.63) is 30.1 Å². The number of unbranched alkanes of at least 4 members (excludes halogenated alkanes) is 1. The number of hydrogen-bond acceptors (Lipinski definition) is 3. The van der Waals surface area contributed by atoms with Crippen LogP contribution < -0.4 is 5.73 Å². The largest absolute Gasteiger partial charge is 0.332 e. The number of hydrogen-bond donors (Lipinski definition) is 1. The monoisotopic (exact) mass is 270 g/mol. The van der Waals surface area contributed by atoms with Crippen LogP contribution in [-0.2, 0) is 13.1 Å². The third-order valence-electron chi connectivity index (χ3n) is 3.69. The van der Waals surface area contributed by atoms with E-state index in [1.54, 1.807) is 0 Å². The van der Waals surface area contributed by atoms with Gasteiger partial charge in [-0.2, -0.15) is 5.26 Å². The molecule has 0 saturated heterocycles. The second kappa shape index (κ2) is 6.06. The van der Waals surface area contributed by atoms with Crippen molar-refractivity contribution >= 4 is 11.0 Å². The summed E-state index contributed by atoms with van der Waals surface area (Å²) in [6.07, 6.45) is 6.95. The van der Waals surface area contributed by atoms with Crippen LogP contribution >= 0.6 is 0 Å². The molecule has 2 N–H and O–H groups in total. The molecule has 0 fully saturated rings. The van der Waals surface area contributed by atoms with Crippen LogP contribution in [0.5, 0.6) is 0 Å². The van der Waals surface area contributed by atoms with Crippen molar-refractivity contribution in [3.8, 4) is 6.07 Å². The standard InChI is InChI=1S/C16H22N4/c1-16(2,12-18)7-3-4-9-20-11-13(10-17)14-6-5-8-19-15(14)20/h5-6,8,11H,3-4,7,9-10,17H2,1-2H3. The van der Waals surface area contributed by atoms with Crippen LogP contribution in [0.1, 0.15) is 38.7 Å². The van der Waals surface area contributed by atoms with Crippen molar-refractivity contribution in [3.63, 3.8) is 0 Å². The molecular weight excluding hydrogens is 248 g/mol. The number of rotatable bonds is 6. The van der Waals surface area contributed by atoms with E-state index in [0.29, 0.717) is 6.54 Å². The first kappa shape index (κ1) is 14.5. The van der Waals surface area contributed by atoms with Crippen LogP contribution in [0.25, 0.3) is 11.0 Å². The van der Waals surface area contributed by atoms with Gasteiger partial charge in [0, 0.05) is 30.9 Å². The maximum Gasteiger partial charge on any atom is 0.140 e. The SMILES string of the molecule is CC(C)(C#N)CCCCn1cc(CN)c2cccnc21. The summed E-state index contributed by atoms with van der Waals surface area (Å²) in [5.41, 5.74) is 7.71. The summed E-state index contributed by atoms with van der Waals surface area (Å²) in [6, 6.07) is 6.36. The zero-order valence-corrected chi connectivity index (χ0v) is 12.3. The average molecular weight is 270 g/mol. The average Bonchev–Trinajstić information content (AvgIpc) is 2.82. The fourth-order valence-electron chi connectivity index (χ4n) is 2.43. The second-order valence-corrected chi connectivity index (χ2v) is 5.88. The second-order valence-electron chi connectivity index (χ2n) is 5.88. The van der Waals surface area contributed by atoms with Gasteiger partial charge < -0.3 is 10.3 Å². The predicted octanol–water partition coefficient (Wildman–Crippen LogP) is 3.22. The van der Waals surface area contributed by atoms with Gasteiger partial charge in [0.2, 0.25) is 0 Å². The van der Waals surface area contributed by atoms with Crippen LogP contribution in [0.3, 0.4) is 0 Å². The summed E-state index contributed by atoms with van der Waals surface area (Å²) in [6.45, 7) is 5.45. The third kappa shape index (κ3) is 3.17. The van der Waals surface area contributed by atoms with Gasteiger partial charge in [-0.15, -0.1) is 0 Å². The van der Waals surface area contributed by atoms with Gasteiger partial charge in [-0.05, 0) is 44.4 Å². The van der Waals surface area contributed by atoms with Crippen molar-refractivity contribution in [1.82, 2.24) is 9.55 Å². The quantitative estimate of drug-likeness (QED) is 0.819. The Hall–Kier alpha value is -1.86. The minimum Gasteiger partial charge on any atom is -0.332 e. The van der Waals surface area contributed by atoms with E-state index in [2.05, 4.69) is 27.9 Å². The number of nitrogens with two attached hydrogens (primary N) is 1. The minimum atomic E-state index is -0.223. The molecule has 2 aromatic heterocycles. The van der Waals surface area contributed by atoms with Crippen LogP contribution in [0.4, 0.5) is 0 Å². The Kier molecular flexibility index (Phi) is 4.41. The van der Waals surface area contributed by atoms with Crippen molar-refractivity contribution in [2.45, 2.75) is 46.2 Å². The lowest BCUT2D eigenvalue weighted by Gasteiger charge is -2.14. The number of pyridine rings is 1. The highest BCUT2D eigenvalue weighted by atomic mass is 15.0. The van der Waals surface area contributed by atoms with E-state index in [-0.39, 0.29) is 5.41 Å². The Balaban J connectivity index is 2.02. The molecule has 0 atom stereocenters. The Morgan fingerprint density at radius 1 is 1.40 bits per heavy atom. The van der Waals surface area contributed by atoms with Gasteiger partial charge in [-0.3, -0.25) is 0 Å². The van der Waals surface area contributed by atoms with E-state index in [1.165, 1.54) is 0 Å². The molecule has 0 aromatic carbocycles. The molecule has 20 heavy (non-hydrogen) atoms. The number of aromatic nitrogens is 2. The van der Waals surface area contributed by atoms with Crippen LogP contribution in [0, 0.1) is 16.7 Å². The Bertz CT molecular complexity index is 619. The highest BCUT2D eigenvalue weighted by Gasteiger charge is 2.15. The lowest BCUT2D eigenvalue weighted by Crippen LogP contribution is -2.08. The zero-order valence-electron chi connectivity index (χ0n) is 12.3.